The summed E-state index contributed by atoms with van der Waals surface area (Å²) in [4.78, 5) is 19.2. The lowest BCUT2D eigenvalue weighted by Crippen LogP contribution is -2.29. The number of thioether (sulfide) groups is 1. The third-order valence-corrected chi connectivity index (χ3v) is 6.11. The van der Waals surface area contributed by atoms with Crippen molar-refractivity contribution in [2.75, 3.05) is 4.90 Å². The van der Waals surface area contributed by atoms with Crippen molar-refractivity contribution < 1.29 is 4.79 Å². The van der Waals surface area contributed by atoms with Crippen molar-refractivity contribution >= 4 is 44.4 Å². The van der Waals surface area contributed by atoms with E-state index in [1.165, 1.54) is 0 Å². The van der Waals surface area contributed by atoms with E-state index in [1.807, 2.05) is 54.3 Å². The van der Waals surface area contributed by atoms with Crippen molar-refractivity contribution in [2.24, 2.45) is 0 Å². The lowest BCUT2D eigenvalue weighted by Gasteiger charge is -2.21. The molecule has 0 bridgehead atoms. The van der Waals surface area contributed by atoms with Gasteiger partial charge in [-0.15, -0.1) is 11.8 Å². The third-order valence-electron chi connectivity index (χ3n) is 3.73. The maximum atomic E-state index is 12.6. The largest absolute Gasteiger partial charge is 0.273 e. The van der Waals surface area contributed by atoms with Gasteiger partial charge in [0.25, 0.3) is 0 Å². The van der Waals surface area contributed by atoms with Crippen LogP contribution in [0.25, 0.3) is 10.2 Å². The van der Waals surface area contributed by atoms with Crippen LogP contribution >= 0.6 is 23.1 Å². The summed E-state index contributed by atoms with van der Waals surface area (Å²) in [7, 11) is 0. The molecule has 0 saturated carbocycles. The fourth-order valence-electron chi connectivity index (χ4n) is 2.63. The van der Waals surface area contributed by atoms with E-state index < -0.39 is 0 Å². The van der Waals surface area contributed by atoms with E-state index in [0.29, 0.717) is 0 Å². The Bertz CT molecular complexity index is 798. The summed E-state index contributed by atoms with van der Waals surface area (Å²) >= 11 is 3.26. The highest BCUT2D eigenvalue weighted by Crippen LogP contribution is 2.46. The van der Waals surface area contributed by atoms with Crippen LogP contribution in [-0.2, 0) is 4.79 Å². The first kappa shape index (κ1) is 13.8. The quantitative estimate of drug-likeness (QED) is 0.697. The zero-order valence-electron chi connectivity index (χ0n) is 12.0. The van der Waals surface area contributed by atoms with E-state index in [1.54, 1.807) is 23.1 Å². The first-order valence-electron chi connectivity index (χ1n) is 7.13. The highest BCUT2D eigenvalue weighted by Gasteiger charge is 2.40. The highest BCUT2D eigenvalue weighted by atomic mass is 32.2. The summed E-state index contributed by atoms with van der Waals surface area (Å²) in [5.74, 6) is 0.137. The van der Waals surface area contributed by atoms with Gasteiger partial charge in [0.1, 0.15) is 5.37 Å². The number of nitrogens with zero attached hydrogens (tertiary/aromatic N) is 2. The van der Waals surface area contributed by atoms with Crippen molar-refractivity contribution in [3.8, 4) is 0 Å². The molecule has 1 fully saturated rings. The van der Waals surface area contributed by atoms with Crippen LogP contribution in [0.4, 0.5) is 5.13 Å². The summed E-state index contributed by atoms with van der Waals surface area (Å²) in [6.45, 7) is 1.97. The molecular formula is C17H14N2OS2. The Morgan fingerprint density at radius 3 is 2.55 bits per heavy atom. The second-order valence-electron chi connectivity index (χ2n) is 5.21. The number of para-hydroxylation sites is 1. The highest BCUT2D eigenvalue weighted by molar-refractivity contribution is 8.01. The van der Waals surface area contributed by atoms with Gasteiger partial charge in [-0.2, -0.15) is 0 Å². The first-order valence-corrected chi connectivity index (χ1v) is 8.89. The minimum atomic E-state index is -0.0442. The van der Waals surface area contributed by atoms with E-state index in [4.69, 9.17) is 0 Å². The van der Waals surface area contributed by atoms with Crippen LogP contribution in [0.3, 0.4) is 0 Å². The maximum Gasteiger partial charge on any atom is 0.242 e. The SMILES string of the molecule is C[C@@H]1S[C@H](c2ccccc2)N(c2nc3ccccc3s2)C1=O. The molecule has 4 rings (SSSR count). The molecule has 0 radical (unpaired) electrons. The minimum Gasteiger partial charge on any atom is -0.273 e. The number of fused-ring (bicyclic) bond motifs is 1. The number of anilines is 1. The summed E-state index contributed by atoms with van der Waals surface area (Å²) in [5, 5.41) is 0.749. The molecule has 2 atom stereocenters. The van der Waals surface area contributed by atoms with Gasteiger partial charge in [0.2, 0.25) is 5.91 Å². The molecule has 2 aromatic carbocycles. The molecule has 2 heterocycles. The number of hydrogen-bond donors (Lipinski definition) is 0. The number of thiazole rings is 1. The van der Waals surface area contributed by atoms with Crippen LogP contribution in [0.2, 0.25) is 0 Å². The van der Waals surface area contributed by atoms with Crippen LogP contribution in [0.5, 0.6) is 0 Å². The number of hydrogen-bond acceptors (Lipinski definition) is 4. The maximum absolute atomic E-state index is 12.6. The van der Waals surface area contributed by atoms with Gasteiger partial charge in [-0.1, -0.05) is 53.8 Å². The van der Waals surface area contributed by atoms with Gasteiger partial charge in [-0.25, -0.2) is 4.98 Å². The second-order valence-corrected chi connectivity index (χ2v) is 7.65. The van der Waals surface area contributed by atoms with E-state index >= 15 is 0 Å². The number of carbonyl (C=O) groups is 1. The van der Waals surface area contributed by atoms with Gasteiger partial charge in [0.05, 0.1) is 15.5 Å². The van der Waals surface area contributed by atoms with Crippen LogP contribution in [0.1, 0.15) is 17.9 Å². The van der Waals surface area contributed by atoms with Gasteiger partial charge >= 0.3 is 0 Å². The van der Waals surface area contributed by atoms with Crippen LogP contribution in [0, 0.1) is 0 Å². The molecular weight excluding hydrogens is 312 g/mol. The fourth-order valence-corrected chi connectivity index (χ4v) is 4.95. The Labute approximate surface area is 137 Å². The van der Waals surface area contributed by atoms with Crippen molar-refractivity contribution in [1.29, 1.82) is 0 Å². The molecule has 5 heteroatoms. The number of aromatic nitrogens is 1. The molecule has 1 aliphatic heterocycles. The molecule has 0 spiro atoms. The number of benzene rings is 2. The number of carbonyl (C=O) groups excluding carboxylic acids is 1. The smallest absolute Gasteiger partial charge is 0.242 e. The Kier molecular flexibility index (Phi) is 3.39. The molecule has 22 heavy (non-hydrogen) atoms. The standard InChI is InChI=1S/C17H14N2OS2/c1-11-15(20)19(16(21-11)12-7-3-2-4-8-12)17-18-13-9-5-6-10-14(13)22-17/h2-11,16H,1H3/t11-,16+/m0/s1. The Morgan fingerprint density at radius 1 is 1.05 bits per heavy atom. The molecule has 1 aliphatic rings. The van der Waals surface area contributed by atoms with Crippen LogP contribution < -0.4 is 4.90 Å². The van der Waals surface area contributed by atoms with Crippen molar-refractivity contribution in [1.82, 2.24) is 4.98 Å². The van der Waals surface area contributed by atoms with Gasteiger partial charge in [-0.3, -0.25) is 9.69 Å². The Hall–Kier alpha value is -1.85. The molecule has 0 unspecified atom stereocenters. The monoisotopic (exact) mass is 326 g/mol. The van der Waals surface area contributed by atoms with Crippen molar-refractivity contribution in [3.63, 3.8) is 0 Å². The number of rotatable bonds is 2. The van der Waals surface area contributed by atoms with E-state index in [0.717, 1.165) is 20.9 Å². The average Bonchev–Trinajstić information content (AvgIpc) is 3.09. The van der Waals surface area contributed by atoms with Gasteiger partial charge in [0.15, 0.2) is 5.13 Å². The predicted molar refractivity (Wildman–Crippen MR) is 93.3 cm³/mol. The molecule has 3 aromatic rings. The molecule has 110 valence electrons. The Balaban J connectivity index is 1.81. The zero-order chi connectivity index (χ0) is 15.1. The summed E-state index contributed by atoms with van der Waals surface area (Å²) < 4.78 is 1.11. The van der Waals surface area contributed by atoms with Crippen LogP contribution in [-0.4, -0.2) is 16.1 Å². The molecule has 0 N–H and O–H groups in total. The molecule has 1 amide bonds. The van der Waals surface area contributed by atoms with Gasteiger partial charge in [0, 0.05) is 0 Å². The van der Waals surface area contributed by atoms with E-state index in [9.17, 15) is 4.79 Å². The minimum absolute atomic E-state index is 0.00395. The molecule has 3 nitrogen and oxygen atoms in total. The van der Waals surface area contributed by atoms with E-state index in [-0.39, 0.29) is 16.5 Å². The topological polar surface area (TPSA) is 33.2 Å². The Morgan fingerprint density at radius 2 is 1.77 bits per heavy atom. The van der Waals surface area contributed by atoms with Crippen LogP contribution in [0.15, 0.2) is 54.6 Å². The third kappa shape index (κ3) is 2.21. The lowest BCUT2D eigenvalue weighted by atomic mass is 10.2. The summed E-state index contributed by atoms with van der Waals surface area (Å²) in [5.41, 5.74) is 2.09. The predicted octanol–water partition coefficient (Wildman–Crippen LogP) is 4.46. The molecule has 0 aliphatic carbocycles. The lowest BCUT2D eigenvalue weighted by molar-refractivity contribution is -0.117. The van der Waals surface area contributed by atoms with Crippen molar-refractivity contribution in [3.05, 3.63) is 60.2 Å². The van der Waals surface area contributed by atoms with Crippen molar-refractivity contribution in [2.45, 2.75) is 17.5 Å². The van der Waals surface area contributed by atoms with Gasteiger partial charge < -0.3 is 0 Å². The molecule has 1 aromatic heterocycles. The normalized spacial score (nSPS) is 21.7. The first-order chi connectivity index (χ1) is 10.7. The fraction of sp³-hybridized carbons (Fsp3) is 0.176. The summed E-state index contributed by atoms with van der Waals surface area (Å²) in [6.07, 6.45) is 0. The van der Waals surface area contributed by atoms with E-state index in [2.05, 4.69) is 17.1 Å². The number of amides is 1. The second kappa shape index (κ2) is 5.41. The average molecular weight is 326 g/mol. The molecule has 1 saturated heterocycles. The summed E-state index contributed by atoms with van der Waals surface area (Å²) in [6, 6.07) is 18.2. The zero-order valence-corrected chi connectivity index (χ0v) is 13.6. The van der Waals surface area contributed by atoms with Gasteiger partial charge in [-0.05, 0) is 24.6 Å².